The van der Waals surface area contributed by atoms with Gasteiger partial charge in [0, 0.05) is 31.7 Å². The molecule has 1 aromatic carbocycles. The summed E-state index contributed by atoms with van der Waals surface area (Å²) in [5.41, 5.74) is 2.03. The summed E-state index contributed by atoms with van der Waals surface area (Å²) in [7, 11) is 2.17. The average molecular weight is 244 g/mol. The monoisotopic (exact) mass is 244 g/mol. The molecule has 2 heterocycles. The number of likely N-dealkylation sites (tertiary alicyclic amines) is 2. The van der Waals surface area contributed by atoms with Gasteiger partial charge in [0.05, 0.1) is 0 Å². The first-order valence-corrected chi connectivity index (χ1v) is 6.68. The zero-order chi connectivity index (χ0) is 12.7. The molecule has 2 unspecified atom stereocenters. The van der Waals surface area contributed by atoms with E-state index in [-0.39, 0.29) is 5.91 Å². The quantitative estimate of drug-likeness (QED) is 0.749. The molecule has 0 aromatic heterocycles. The number of hydrogen-bond acceptors (Lipinski definition) is 2. The fourth-order valence-corrected chi connectivity index (χ4v) is 3.27. The third kappa shape index (κ3) is 2.03. The van der Waals surface area contributed by atoms with Crippen molar-refractivity contribution in [1.82, 2.24) is 9.80 Å². The van der Waals surface area contributed by atoms with E-state index in [9.17, 15) is 4.79 Å². The number of nitrogens with zero attached hydrogens (tertiary/aromatic N) is 2. The zero-order valence-corrected chi connectivity index (χ0v) is 11.1. The van der Waals surface area contributed by atoms with Gasteiger partial charge in [0.15, 0.2) is 0 Å². The molecule has 2 saturated heterocycles. The number of amides is 1. The third-order valence-electron chi connectivity index (χ3n) is 4.25. The van der Waals surface area contributed by atoms with Gasteiger partial charge in [-0.2, -0.15) is 0 Å². The molecule has 3 rings (SSSR count). The number of benzene rings is 1. The minimum absolute atomic E-state index is 0.201. The maximum absolute atomic E-state index is 12.4. The van der Waals surface area contributed by atoms with E-state index in [1.54, 1.807) is 0 Å². The molecule has 1 aromatic rings. The van der Waals surface area contributed by atoms with Crippen LogP contribution in [0.25, 0.3) is 0 Å². The van der Waals surface area contributed by atoms with Gasteiger partial charge in [-0.05, 0) is 37.9 Å². The van der Waals surface area contributed by atoms with Crippen molar-refractivity contribution in [3.05, 3.63) is 35.4 Å². The first-order valence-electron chi connectivity index (χ1n) is 6.68. The maximum Gasteiger partial charge on any atom is 0.253 e. The Morgan fingerprint density at radius 1 is 1.06 bits per heavy atom. The summed E-state index contributed by atoms with van der Waals surface area (Å²) in [5.74, 6) is 1.57. The molecule has 2 aliphatic heterocycles. The van der Waals surface area contributed by atoms with E-state index in [1.165, 1.54) is 5.56 Å². The Bertz CT molecular complexity index is 440. The molecule has 2 fully saturated rings. The van der Waals surface area contributed by atoms with Gasteiger partial charge in [-0.1, -0.05) is 17.7 Å². The first-order chi connectivity index (χ1) is 8.63. The molecule has 96 valence electrons. The van der Waals surface area contributed by atoms with Crippen molar-refractivity contribution in [3.8, 4) is 0 Å². The highest BCUT2D eigenvalue weighted by atomic mass is 16.2. The lowest BCUT2D eigenvalue weighted by Crippen LogP contribution is -2.32. The molecule has 3 heteroatoms. The van der Waals surface area contributed by atoms with E-state index in [4.69, 9.17) is 0 Å². The van der Waals surface area contributed by atoms with Gasteiger partial charge in [0.2, 0.25) is 0 Å². The number of carbonyl (C=O) groups excluding carboxylic acids is 1. The number of carbonyl (C=O) groups is 1. The largest absolute Gasteiger partial charge is 0.338 e. The van der Waals surface area contributed by atoms with Crippen molar-refractivity contribution in [2.24, 2.45) is 11.8 Å². The van der Waals surface area contributed by atoms with Crippen LogP contribution >= 0.6 is 0 Å². The van der Waals surface area contributed by atoms with Gasteiger partial charge in [0.25, 0.3) is 5.91 Å². The normalized spacial score (nSPS) is 27.6. The van der Waals surface area contributed by atoms with E-state index >= 15 is 0 Å². The highest BCUT2D eigenvalue weighted by molar-refractivity contribution is 5.94. The van der Waals surface area contributed by atoms with Crippen LogP contribution in [0.5, 0.6) is 0 Å². The second-order valence-corrected chi connectivity index (χ2v) is 5.82. The van der Waals surface area contributed by atoms with E-state index in [2.05, 4.69) is 11.9 Å². The van der Waals surface area contributed by atoms with Gasteiger partial charge in [-0.3, -0.25) is 4.79 Å². The van der Waals surface area contributed by atoms with Crippen molar-refractivity contribution < 1.29 is 4.79 Å². The third-order valence-corrected chi connectivity index (χ3v) is 4.25. The predicted molar refractivity (Wildman–Crippen MR) is 71.6 cm³/mol. The van der Waals surface area contributed by atoms with Crippen LogP contribution in [-0.2, 0) is 0 Å². The molecule has 0 aliphatic carbocycles. The predicted octanol–water partition coefficient (Wildman–Crippen LogP) is 1.63. The van der Waals surface area contributed by atoms with Gasteiger partial charge < -0.3 is 9.80 Å². The van der Waals surface area contributed by atoms with E-state index in [1.807, 2.05) is 36.1 Å². The number of fused-ring (bicyclic) bond motifs is 1. The summed E-state index contributed by atoms with van der Waals surface area (Å²) in [4.78, 5) is 16.8. The highest BCUT2D eigenvalue weighted by Gasteiger charge is 2.40. The molecule has 1 amide bonds. The van der Waals surface area contributed by atoms with Crippen molar-refractivity contribution in [2.75, 3.05) is 33.2 Å². The molecule has 0 N–H and O–H groups in total. The summed E-state index contributed by atoms with van der Waals surface area (Å²) in [6.07, 6.45) is 0. The first kappa shape index (κ1) is 11.7. The van der Waals surface area contributed by atoms with Crippen LogP contribution in [0.4, 0.5) is 0 Å². The Labute approximate surface area is 108 Å². The van der Waals surface area contributed by atoms with Crippen molar-refractivity contribution >= 4 is 5.91 Å². The Balaban J connectivity index is 1.70. The minimum Gasteiger partial charge on any atom is -0.338 e. The highest BCUT2D eigenvalue weighted by Crippen LogP contribution is 2.30. The molecule has 0 bridgehead atoms. The Morgan fingerprint density at radius 2 is 1.61 bits per heavy atom. The van der Waals surface area contributed by atoms with Crippen LogP contribution in [0.2, 0.25) is 0 Å². The van der Waals surface area contributed by atoms with Gasteiger partial charge >= 0.3 is 0 Å². The number of aryl methyl sites for hydroxylation is 1. The molecule has 0 spiro atoms. The maximum atomic E-state index is 12.4. The number of rotatable bonds is 1. The molecule has 3 nitrogen and oxygen atoms in total. The SMILES string of the molecule is Cc1ccc(C(=O)N2CC3CN(C)CC3C2)cc1. The topological polar surface area (TPSA) is 23.6 Å². The zero-order valence-electron chi connectivity index (χ0n) is 11.1. The molecule has 18 heavy (non-hydrogen) atoms. The van der Waals surface area contributed by atoms with Crippen LogP contribution in [0.15, 0.2) is 24.3 Å². The number of hydrogen-bond donors (Lipinski definition) is 0. The summed E-state index contributed by atoms with van der Waals surface area (Å²) >= 11 is 0. The fourth-order valence-electron chi connectivity index (χ4n) is 3.27. The molecular weight excluding hydrogens is 224 g/mol. The summed E-state index contributed by atoms with van der Waals surface area (Å²) in [5, 5.41) is 0. The van der Waals surface area contributed by atoms with E-state index in [0.29, 0.717) is 11.8 Å². The van der Waals surface area contributed by atoms with Crippen molar-refractivity contribution in [3.63, 3.8) is 0 Å². The molecule has 0 radical (unpaired) electrons. The second-order valence-electron chi connectivity index (χ2n) is 5.82. The van der Waals surface area contributed by atoms with E-state index in [0.717, 1.165) is 31.7 Å². The fraction of sp³-hybridized carbons (Fsp3) is 0.533. The standard InChI is InChI=1S/C15H20N2O/c1-11-3-5-12(6-4-11)15(18)17-9-13-7-16(2)8-14(13)10-17/h3-6,13-14H,7-10H2,1-2H3. The summed E-state index contributed by atoms with van der Waals surface area (Å²) in [6.45, 7) is 6.19. The Kier molecular flexibility index (Phi) is 2.86. The molecule has 2 atom stereocenters. The minimum atomic E-state index is 0.201. The lowest BCUT2D eigenvalue weighted by atomic mass is 10.0. The molecular formula is C15H20N2O. The van der Waals surface area contributed by atoms with Gasteiger partial charge in [-0.15, -0.1) is 0 Å². The van der Waals surface area contributed by atoms with Crippen LogP contribution in [0.1, 0.15) is 15.9 Å². The van der Waals surface area contributed by atoms with Crippen LogP contribution in [0.3, 0.4) is 0 Å². The van der Waals surface area contributed by atoms with Crippen molar-refractivity contribution in [2.45, 2.75) is 6.92 Å². The summed E-state index contributed by atoms with van der Waals surface area (Å²) < 4.78 is 0. The van der Waals surface area contributed by atoms with E-state index < -0.39 is 0 Å². The summed E-state index contributed by atoms with van der Waals surface area (Å²) in [6, 6.07) is 7.91. The molecule has 0 saturated carbocycles. The van der Waals surface area contributed by atoms with Crippen LogP contribution in [0, 0.1) is 18.8 Å². The van der Waals surface area contributed by atoms with Crippen molar-refractivity contribution in [1.29, 1.82) is 0 Å². The molecule has 2 aliphatic rings. The van der Waals surface area contributed by atoms with Gasteiger partial charge in [0.1, 0.15) is 0 Å². The Morgan fingerprint density at radius 3 is 2.17 bits per heavy atom. The van der Waals surface area contributed by atoms with Crippen LogP contribution in [-0.4, -0.2) is 48.9 Å². The van der Waals surface area contributed by atoms with Crippen LogP contribution < -0.4 is 0 Å². The lowest BCUT2D eigenvalue weighted by molar-refractivity contribution is 0.0776. The Hall–Kier alpha value is -1.35. The lowest BCUT2D eigenvalue weighted by Gasteiger charge is -2.19. The average Bonchev–Trinajstić information content (AvgIpc) is 2.86. The van der Waals surface area contributed by atoms with Gasteiger partial charge in [-0.25, -0.2) is 0 Å². The second kappa shape index (κ2) is 4.39. The smallest absolute Gasteiger partial charge is 0.253 e.